The summed E-state index contributed by atoms with van der Waals surface area (Å²) in [6, 6.07) is 0. The van der Waals surface area contributed by atoms with Crippen LogP contribution in [0.3, 0.4) is 0 Å². The van der Waals surface area contributed by atoms with E-state index >= 15 is 0 Å². The first-order chi connectivity index (χ1) is 9.41. The van der Waals surface area contributed by atoms with Gasteiger partial charge in [0.25, 0.3) is 0 Å². The molecule has 0 saturated carbocycles. The van der Waals surface area contributed by atoms with Gasteiger partial charge >= 0.3 is 23.1 Å². The van der Waals surface area contributed by atoms with Crippen LogP contribution >= 0.6 is 0 Å². The fourth-order valence-electron chi connectivity index (χ4n) is 1.58. The van der Waals surface area contributed by atoms with Crippen LogP contribution in [0, 0.1) is 0 Å². The summed E-state index contributed by atoms with van der Waals surface area (Å²) in [6.45, 7) is 6.70. The van der Waals surface area contributed by atoms with E-state index in [4.69, 9.17) is 0 Å². The fourth-order valence-corrected chi connectivity index (χ4v) is 1.58. The summed E-state index contributed by atoms with van der Waals surface area (Å²) in [5.41, 5.74) is 0.0648. The van der Waals surface area contributed by atoms with Crippen LogP contribution in [0.4, 0.5) is 0 Å². The number of aliphatic carboxylic acids is 2. The van der Waals surface area contributed by atoms with Crippen molar-refractivity contribution in [2.45, 2.75) is 78.1 Å². The summed E-state index contributed by atoms with van der Waals surface area (Å²) >= 11 is 0. The van der Waals surface area contributed by atoms with E-state index in [1.807, 2.05) is 0 Å². The summed E-state index contributed by atoms with van der Waals surface area (Å²) in [5, 5.41) is 19.6. The Hall–Kier alpha value is -0.554. The number of carbonyl (C=O) groups is 2. The number of carbonyl (C=O) groups excluding carboxylic acids is 2. The van der Waals surface area contributed by atoms with Crippen LogP contribution < -0.4 is 10.2 Å². The second-order valence-electron chi connectivity index (χ2n) is 5.02. The van der Waals surface area contributed by atoms with Crippen LogP contribution in [0.15, 0.2) is 12.2 Å². The summed E-state index contributed by atoms with van der Waals surface area (Å²) in [7, 11) is 0. The van der Waals surface area contributed by atoms with Crippen molar-refractivity contribution < 1.29 is 19.8 Å². The minimum Gasteiger partial charge on any atom is -0.550 e. The van der Waals surface area contributed by atoms with Crippen LogP contribution in [0.25, 0.3) is 0 Å². The van der Waals surface area contributed by atoms with Gasteiger partial charge in [0.1, 0.15) is 0 Å². The molecule has 0 saturated heterocycles. The number of carboxylic acids is 2. The van der Waals surface area contributed by atoms with E-state index in [2.05, 4.69) is 13.5 Å². The molecule has 0 rings (SSSR count). The first-order valence-corrected chi connectivity index (χ1v) is 7.48. The van der Waals surface area contributed by atoms with Gasteiger partial charge in [-0.1, -0.05) is 64.9 Å². The molecule has 0 aliphatic carbocycles. The largest absolute Gasteiger partial charge is 2.00 e. The van der Waals surface area contributed by atoms with E-state index in [-0.39, 0.29) is 35.0 Å². The maximum absolute atomic E-state index is 10.1. The van der Waals surface area contributed by atoms with Gasteiger partial charge in [-0.2, -0.15) is 0 Å². The maximum Gasteiger partial charge on any atom is 2.00 e. The predicted molar refractivity (Wildman–Crippen MR) is 82.4 cm³/mol. The van der Waals surface area contributed by atoms with Crippen molar-refractivity contribution in [1.29, 1.82) is 0 Å². The second kappa shape index (κ2) is 19.4. The molecule has 0 aromatic rings. The molecule has 4 nitrogen and oxygen atoms in total. The molecule has 5 heteroatoms. The monoisotopic (exact) mass is 308 g/mol. The molecule has 0 bridgehead atoms. The zero-order chi connectivity index (χ0) is 15.8. The third-order valence-corrected chi connectivity index (χ3v) is 2.83. The predicted octanol–water partition coefficient (Wildman–Crippen LogP) is 1.59. The van der Waals surface area contributed by atoms with Crippen LogP contribution in [0.1, 0.15) is 78.1 Å². The number of carboxylic acid groups (broad SMARTS) is 2. The molecule has 0 atom stereocenters. The fraction of sp³-hybridized carbons (Fsp3) is 0.750. The molecule has 0 N–H and O–H groups in total. The summed E-state index contributed by atoms with van der Waals surface area (Å²) in [6.07, 6.45) is 11.2. The SMILES string of the molecule is C=C(C)C(=O)[O-].CCCCCCCCCCCC(=O)[O-].[Mg+2]. The van der Waals surface area contributed by atoms with E-state index in [1.54, 1.807) is 0 Å². The van der Waals surface area contributed by atoms with Gasteiger partial charge < -0.3 is 19.8 Å². The number of unbranched alkanes of at least 4 members (excludes halogenated alkanes) is 8. The third-order valence-electron chi connectivity index (χ3n) is 2.83. The van der Waals surface area contributed by atoms with Crippen LogP contribution in [0.5, 0.6) is 0 Å². The molecule has 0 aromatic heterocycles. The molecule has 21 heavy (non-hydrogen) atoms. The van der Waals surface area contributed by atoms with Crippen LogP contribution in [-0.4, -0.2) is 35.0 Å². The first kappa shape index (κ1) is 25.4. The Balaban J connectivity index is -0.000000394. The van der Waals surface area contributed by atoms with Crippen LogP contribution in [-0.2, 0) is 9.59 Å². The quantitative estimate of drug-likeness (QED) is 0.330. The summed E-state index contributed by atoms with van der Waals surface area (Å²) < 4.78 is 0. The van der Waals surface area contributed by atoms with E-state index in [9.17, 15) is 19.8 Å². The molecule has 0 spiro atoms. The normalized spacial score (nSPS) is 9.05. The van der Waals surface area contributed by atoms with E-state index in [1.165, 1.54) is 51.9 Å². The molecule has 0 radical (unpaired) electrons. The molecule has 0 aliphatic heterocycles. The standard InChI is InChI=1S/C12H24O2.C4H6O2.Mg/c1-2-3-4-5-6-7-8-9-10-11-12(13)14;1-3(2)4(5)6;/h2-11H2,1H3,(H,13,14);1H2,2H3,(H,5,6);/q;;+2/p-2. The molecular weight excluding hydrogens is 280 g/mol. The van der Waals surface area contributed by atoms with Crippen molar-refractivity contribution in [3.63, 3.8) is 0 Å². The average Bonchev–Trinajstić information content (AvgIpc) is 2.37. The van der Waals surface area contributed by atoms with Gasteiger partial charge in [0.15, 0.2) is 0 Å². The van der Waals surface area contributed by atoms with Gasteiger partial charge in [0.05, 0.1) is 5.97 Å². The Labute approximate surface area is 145 Å². The molecule has 0 fully saturated rings. The average molecular weight is 309 g/mol. The minimum atomic E-state index is -1.19. The van der Waals surface area contributed by atoms with Crippen molar-refractivity contribution >= 4 is 35.0 Å². The second-order valence-corrected chi connectivity index (χ2v) is 5.02. The van der Waals surface area contributed by atoms with Gasteiger partial charge in [0.2, 0.25) is 0 Å². The van der Waals surface area contributed by atoms with Crippen molar-refractivity contribution in [3.05, 3.63) is 12.2 Å². The molecule has 118 valence electrons. The molecule has 0 aromatic carbocycles. The van der Waals surface area contributed by atoms with Crippen molar-refractivity contribution in [2.75, 3.05) is 0 Å². The van der Waals surface area contributed by atoms with Gasteiger partial charge in [-0.05, 0) is 25.3 Å². The topological polar surface area (TPSA) is 80.3 Å². The van der Waals surface area contributed by atoms with E-state index < -0.39 is 11.9 Å². The Bertz CT molecular complexity index is 265. The van der Waals surface area contributed by atoms with Crippen molar-refractivity contribution in [2.24, 2.45) is 0 Å². The van der Waals surface area contributed by atoms with Gasteiger partial charge in [0, 0.05) is 5.97 Å². The molecule has 0 aliphatic rings. The molecule has 0 amide bonds. The smallest absolute Gasteiger partial charge is 0.550 e. The van der Waals surface area contributed by atoms with Gasteiger partial charge in [-0.25, -0.2) is 0 Å². The summed E-state index contributed by atoms with van der Waals surface area (Å²) in [4.78, 5) is 19.6. The molecular formula is C16H28MgO4. The van der Waals surface area contributed by atoms with E-state index in [0.717, 1.165) is 12.8 Å². The zero-order valence-electron chi connectivity index (χ0n) is 13.6. The maximum atomic E-state index is 10.1. The van der Waals surface area contributed by atoms with Gasteiger partial charge in [-0.3, -0.25) is 0 Å². The van der Waals surface area contributed by atoms with Crippen molar-refractivity contribution in [1.82, 2.24) is 0 Å². The number of rotatable bonds is 11. The molecule has 0 heterocycles. The first-order valence-electron chi connectivity index (χ1n) is 7.48. The molecule has 0 unspecified atom stereocenters. The minimum absolute atomic E-state index is 0. The van der Waals surface area contributed by atoms with E-state index in [0.29, 0.717) is 0 Å². The Morgan fingerprint density at radius 3 is 1.48 bits per heavy atom. The number of hydrogen-bond acceptors (Lipinski definition) is 4. The zero-order valence-corrected chi connectivity index (χ0v) is 15.0. The Kier molecular flexibility index (Phi) is 23.5. The Morgan fingerprint density at radius 2 is 1.19 bits per heavy atom. The Morgan fingerprint density at radius 1 is 0.857 bits per heavy atom. The third kappa shape index (κ3) is 28.4. The van der Waals surface area contributed by atoms with Crippen molar-refractivity contribution in [3.8, 4) is 0 Å². The van der Waals surface area contributed by atoms with Gasteiger partial charge in [-0.15, -0.1) is 0 Å². The van der Waals surface area contributed by atoms with Crippen LogP contribution in [0.2, 0.25) is 0 Å². The number of hydrogen-bond donors (Lipinski definition) is 0. The summed E-state index contributed by atoms with van der Waals surface area (Å²) in [5.74, 6) is -2.09.